The molecule has 1 heteroatoms. The maximum atomic E-state index is 2.45. The van der Waals surface area contributed by atoms with Crippen LogP contribution in [0.3, 0.4) is 0 Å². The number of rotatable bonds is 5. The summed E-state index contributed by atoms with van der Waals surface area (Å²) in [5, 5.41) is 0. The molecular formula is C58H41N. The molecule has 0 amide bonds. The van der Waals surface area contributed by atoms with Gasteiger partial charge in [-0.05, 0) is 125 Å². The highest BCUT2D eigenvalue weighted by Crippen LogP contribution is 2.64. The number of hydrogen-bond acceptors (Lipinski definition) is 1. The summed E-state index contributed by atoms with van der Waals surface area (Å²) in [5.74, 6) is 0. The lowest BCUT2D eigenvalue weighted by Gasteiger charge is -2.32. The zero-order chi connectivity index (χ0) is 39.3. The molecule has 0 bridgehead atoms. The standard InChI is InChI=1S/C58H41N/c1-57(2)51-26-10-6-20-45(51)49-35-34-43(37-55(49)57)59(41-32-30-39(31-33-41)38-16-4-3-5-17-38)42-19-14-18-40(36-42)44-24-15-25-50-48-23-9-13-29-54(48)58(56(44)50)52-27-11-7-21-46(52)47-22-8-12-28-53(47)58/h3-37H,1-2H3. The fraction of sp³-hybridized carbons (Fsp3) is 0.0690. The molecule has 3 aliphatic carbocycles. The van der Waals surface area contributed by atoms with Gasteiger partial charge in [0, 0.05) is 22.5 Å². The Kier molecular flexibility index (Phi) is 7.26. The van der Waals surface area contributed by atoms with E-state index in [1.165, 1.54) is 89.0 Å². The first kappa shape index (κ1) is 33.9. The Balaban J connectivity index is 1.07. The molecule has 278 valence electrons. The Morgan fingerprint density at radius 3 is 1.39 bits per heavy atom. The third-order valence-electron chi connectivity index (χ3n) is 13.5. The molecular weight excluding hydrogens is 711 g/mol. The Labute approximate surface area is 346 Å². The summed E-state index contributed by atoms with van der Waals surface area (Å²) in [6.45, 7) is 4.73. The molecule has 0 N–H and O–H groups in total. The van der Waals surface area contributed by atoms with E-state index in [1.807, 2.05) is 0 Å². The largest absolute Gasteiger partial charge is 0.310 e. The van der Waals surface area contributed by atoms with Gasteiger partial charge in [-0.2, -0.15) is 0 Å². The van der Waals surface area contributed by atoms with Gasteiger partial charge in [-0.25, -0.2) is 0 Å². The number of benzene rings is 9. The molecule has 0 fully saturated rings. The molecule has 9 aromatic carbocycles. The molecule has 0 atom stereocenters. The van der Waals surface area contributed by atoms with Gasteiger partial charge in [0.1, 0.15) is 0 Å². The molecule has 9 aromatic rings. The fourth-order valence-electron chi connectivity index (χ4n) is 10.9. The van der Waals surface area contributed by atoms with E-state index in [0.29, 0.717) is 0 Å². The molecule has 0 saturated heterocycles. The summed E-state index contributed by atoms with van der Waals surface area (Å²) in [7, 11) is 0. The van der Waals surface area contributed by atoms with Gasteiger partial charge in [0.05, 0.1) is 5.41 Å². The van der Waals surface area contributed by atoms with E-state index in [1.54, 1.807) is 0 Å². The highest BCUT2D eigenvalue weighted by molar-refractivity contribution is 5.99. The normalized spacial score (nSPS) is 14.2. The Morgan fingerprint density at radius 2 is 0.729 bits per heavy atom. The van der Waals surface area contributed by atoms with E-state index in [9.17, 15) is 0 Å². The van der Waals surface area contributed by atoms with Crippen molar-refractivity contribution in [1.29, 1.82) is 0 Å². The van der Waals surface area contributed by atoms with E-state index in [-0.39, 0.29) is 5.41 Å². The fourth-order valence-corrected chi connectivity index (χ4v) is 10.9. The lowest BCUT2D eigenvalue weighted by Crippen LogP contribution is -2.26. The maximum absolute atomic E-state index is 2.45. The van der Waals surface area contributed by atoms with Crippen molar-refractivity contribution in [2.75, 3.05) is 4.90 Å². The van der Waals surface area contributed by atoms with Crippen LogP contribution in [0.15, 0.2) is 212 Å². The zero-order valence-corrected chi connectivity index (χ0v) is 33.2. The van der Waals surface area contributed by atoms with Crippen molar-refractivity contribution >= 4 is 17.1 Å². The van der Waals surface area contributed by atoms with E-state index < -0.39 is 5.41 Å². The minimum atomic E-state index is -0.431. The van der Waals surface area contributed by atoms with Gasteiger partial charge in [-0.1, -0.05) is 190 Å². The first-order valence-corrected chi connectivity index (χ1v) is 20.8. The first-order valence-electron chi connectivity index (χ1n) is 20.8. The van der Waals surface area contributed by atoms with Crippen molar-refractivity contribution in [3.8, 4) is 55.6 Å². The van der Waals surface area contributed by atoms with Gasteiger partial charge in [0.2, 0.25) is 0 Å². The van der Waals surface area contributed by atoms with E-state index in [0.717, 1.165) is 17.1 Å². The van der Waals surface area contributed by atoms with Gasteiger partial charge in [0.25, 0.3) is 0 Å². The second kappa shape index (κ2) is 12.6. The summed E-state index contributed by atoms with van der Waals surface area (Å²) in [6, 6.07) is 79.1. The minimum absolute atomic E-state index is 0.117. The number of anilines is 3. The second-order valence-corrected chi connectivity index (χ2v) is 16.8. The third kappa shape index (κ3) is 4.73. The predicted molar refractivity (Wildman–Crippen MR) is 246 cm³/mol. The van der Waals surface area contributed by atoms with Gasteiger partial charge < -0.3 is 4.90 Å². The van der Waals surface area contributed by atoms with Crippen molar-refractivity contribution in [2.45, 2.75) is 24.7 Å². The average Bonchev–Trinajstić information content (AvgIpc) is 3.86. The molecule has 3 aliphatic rings. The van der Waals surface area contributed by atoms with Crippen LogP contribution in [0.1, 0.15) is 47.2 Å². The highest BCUT2D eigenvalue weighted by Gasteiger charge is 2.52. The van der Waals surface area contributed by atoms with Crippen LogP contribution in [0.2, 0.25) is 0 Å². The van der Waals surface area contributed by atoms with Gasteiger partial charge >= 0.3 is 0 Å². The third-order valence-corrected chi connectivity index (χ3v) is 13.5. The monoisotopic (exact) mass is 751 g/mol. The van der Waals surface area contributed by atoms with Crippen molar-refractivity contribution in [3.05, 3.63) is 246 Å². The summed E-state index contributed by atoms with van der Waals surface area (Å²) >= 11 is 0. The lowest BCUT2D eigenvalue weighted by molar-refractivity contribution is 0.660. The predicted octanol–water partition coefficient (Wildman–Crippen LogP) is 15.1. The molecule has 0 aromatic heterocycles. The molecule has 59 heavy (non-hydrogen) atoms. The van der Waals surface area contributed by atoms with Crippen LogP contribution in [-0.2, 0) is 10.8 Å². The summed E-state index contributed by atoms with van der Waals surface area (Å²) in [6.07, 6.45) is 0. The second-order valence-electron chi connectivity index (χ2n) is 16.8. The molecule has 0 radical (unpaired) electrons. The highest BCUT2D eigenvalue weighted by atomic mass is 15.1. The molecule has 0 saturated carbocycles. The molecule has 1 nitrogen and oxygen atoms in total. The molecule has 1 spiro atoms. The Morgan fingerprint density at radius 1 is 0.288 bits per heavy atom. The van der Waals surface area contributed by atoms with Gasteiger partial charge in [-0.3, -0.25) is 0 Å². The Bertz CT molecular complexity index is 3070. The first-order chi connectivity index (χ1) is 29.0. The maximum Gasteiger partial charge on any atom is 0.0731 e. The number of fused-ring (bicyclic) bond motifs is 13. The summed E-state index contributed by atoms with van der Waals surface area (Å²) in [4.78, 5) is 2.45. The van der Waals surface area contributed by atoms with Crippen LogP contribution in [0.25, 0.3) is 55.6 Å². The molecule has 0 unspecified atom stereocenters. The smallest absolute Gasteiger partial charge is 0.0731 e. The van der Waals surface area contributed by atoms with Gasteiger partial charge in [0.15, 0.2) is 0 Å². The summed E-state index contributed by atoms with van der Waals surface area (Å²) in [5.41, 5.74) is 23.8. The average molecular weight is 752 g/mol. The van der Waals surface area contributed by atoms with Crippen LogP contribution < -0.4 is 4.90 Å². The van der Waals surface area contributed by atoms with Crippen LogP contribution in [0, 0.1) is 0 Å². The van der Waals surface area contributed by atoms with Crippen molar-refractivity contribution < 1.29 is 0 Å². The quantitative estimate of drug-likeness (QED) is 0.169. The van der Waals surface area contributed by atoms with Crippen LogP contribution >= 0.6 is 0 Å². The van der Waals surface area contributed by atoms with Crippen LogP contribution in [0.5, 0.6) is 0 Å². The minimum Gasteiger partial charge on any atom is -0.310 e. The van der Waals surface area contributed by atoms with Crippen molar-refractivity contribution in [1.82, 2.24) is 0 Å². The van der Waals surface area contributed by atoms with Gasteiger partial charge in [-0.15, -0.1) is 0 Å². The van der Waals surface area contributed by atoms with E-state index in [2.05, 4.69) is 231 Å². The topological polar surface area (TPSA) is 3.24 Å². The number of hydrogen-bond donors (Lipinski definition) is 0. The van der Waals surface area contributed by atoms with Crippen molar-refractivity contribution in [2.24, 2.45) is 0 Å². The van der Waals surface area contributed by atoms with Crippen molar-refractivity contribution in [3.63, 3.8) is 0 Å². The summed E-state index contributed by atoms with van der Waals surface area (Å²) < 4.78 is 0. The lowest BCUT2D eigenvalue weighted by atomic mass is 9.68. The SMILES string of the molecule is CC1(C)c2ccccc2-c2ccc(N(c3ccc(-c4ccccc4)cc3)c3cccc(-c4cccc5c4C4(c6ccccc6-c6ccccc64)c4ccccc4-5)c3)cc21. The molecule has 0 heterocycles. The zero-order valence-electron chi connectivity index (χ0n) is 33.2. The van der Waals surface area contributed by atoms with Crippen LogP contribution in [0.4, 0.5) is 17.1 Å². The Hall–Kier alpha value is -7.22. The molecule has 12 rings (SSSR count). The van der Waals surface area contributed by atoms with E-state index >= 15 is 0 Å². The molecule has 0 aliphatic heterocycles. The van der Waals surface area contributed by atoms with E-state index in [4.69, 9.17) is 0 Å². The number of nitrogens with zero attached hydrogens (tertiary/aromatic N) is 1. The van der Waals surface area contributed by atoms with Crippen LogP contribution in [-0.4, -0.2) is 0 Å².